The van der Waals surface area contributed by atoms with Gasteiger partial charge in [-0.3, -0.25) is 14.8 Å². The number of aromatic amines is 1. The molecular formula is C24H24N4O3. The standard InChI is InChI=1S/C24H24N4O3/c1-4-27(5-2)16-10-12-17(13-11-16)28-23(30)20(22(29)26-24(28)31)14-19-15(3)25-21-9-7-6-8-18(19)21/h6-14,30H,4-5H2,1-3H3,(H,26,29,31)/b19-14+. The maximum absolute atomic E-state index is 12.6. The fourth-order valence-corrected chi connectivity index (χ4v) is 3.87. The van der Waals surface area contributed by atoms with Crippen molar-refractivity contribution in [1.82, 2.24) is 9.55 Å². The highest BCUT2D eigenvalue weighted by Gasteiger charge is 2.20. The lowest BCUT2D eigenvalue weighted by Gasteiger charge is -2.21. The monoisotopic (exact) mass is 416 g/mol. The first-order valence-corrected chi connectivity index (χ1v) is 10.2. The molecule has 2 N–H and O–H groups in total. The van der Waals surface area contributed by atoms with Gasteiger partial charge in [0.2, 0.25) is 5.88 Å². The molecule has 7 nitrogen and oxygen atoms in total. The van der Waals surface area contributed by atoms with Crippen molar-refractivity contribution in [2.24, 2.45) is 4.99 Å². The average molecular weight is 416 g/mol. The van der Waals surface area contributed by atoms with Crippen LogP contribution in [0, 0.1) is 0 Å². The molecule has 3 aromatic rings. The quantitative estimate of drug-likeness (QED) is 0.663. The van der Waals surface area contributed by atoms with E-state index in [1.165, 1.54) is 0 Å². The van der Waals surface area contributed by atoms with Crippen LogP contribution >= 0.6 is 0 Å². The van der Waals surface area contributed by atoms with Gasteiger partial charge < -0.3 is 10.0 Å². The Kier molecular flexibility index (Phi) is 5.33. The van der Waals surface area contributed by atoms with Crippen LogP contribution in [0.4, 0.5) is 11.4 Å². The van der Waals surface area contributed by atoms with Gasteiger partial charge in [-0.25, -0.2) is 9.36 Å². The molecule has 0 unspecified atom stereocenters. The number of H-pyrrole nitrogens is 1. The number of hydrogen-bond acceptors (Lipinski definition) is 5. The first-order chi connectivity index (χ1) is 14.9. The maximum atomic E-state index is 12.6. The second-order valence-corrected chi connectivity index (χ2v) is 7.29. The summed E-state index contributed by atoms with van der Waals surface area (Å²) in [5.74, 6) is -0.408. The van der Waals surface area contributed by atoms with Gasteiger partial charge in [0.1, 0.15) is 5.56 Å². The molecule has 0 radical (unpaired) electrons. The third-order valence-corrected chi connectivity index (χ3v) is 5.52. The fourth-order valence-electron chi connectivity index (χ4n) is 3.87. The van der Waals surface area contributed by atoms with E-state index in [1.54, 1.807) is 18.2 Å². The lowest BCUT2D eigenvalue weighted by atomic mass is 10.0. The first-order valence-electron chi connectivity index (χ1n) is 10.2. The summed E-state index contributed by atoms with van der Waals surface area (Å²) in [5.41, 5.74) is 3.30. The zero-order chi connectivity index (χ0) is 22.1. The Morgan fingerprint density at radius 1 is 1.06 bits per heavy atom. The minimum Gasteiger partial charge on any atom is -0.494 e. The molecule has 31 heavy (non-hydrogen) atoms. The molecule has 0 atom stereocenters. The molecule has 0 aliphatic carbocycles. The average Bonchev–Trinajstić information content (AvgIpc) is 3.07. The highest BCUT2D eigenvalue weighted by molar-refractivity contribution is 6.31. The van der Waals surface area contributed by atoms with Crippen molar-refractivity contribution >= 4 is 28.7 Å². The number of rotatable bonds is 5. The summed E-state index contributed by atoms with van der Waals surface area (Å²) in [6.45, 7) is 7.71. The summed E-state index contributed by atoms with van der Waals surface area (Å²) in [6.07, 6.45) is 1.58. The van der Waals surface area contributed by atoms with Gasteiger partial charge in [0.15, 0.2) is 0 Å². The molecule has 1 aromatic heterocycles. The van der Waals surface area contributed by atoms with E-state index in [0.29, 0.717) is 5.69 Å². The smallest absolute Gasteiger partial charge is 0.335 e. The second-order valence-electron chi connectivity index (χ2n) is 7.29. The number of benzene rings is 2. The van der Waals surface area contributed by atoms with E-state index in [4.69, 9.17) is 0 Å². The molecule has 1 aliphatic heterocycles. The molecule has 0 saturated carbocycles. The molecule has 0 saturated heterocycles. The Balaban J connectivity index is 1.83. The van der Waals surface area contributed by atoms with E-state index >= 15 is 0 Å². The van der Waals surface area contributed by atoms with E-state index in [1.807, 2.05) is 43.3 Å². The van der Waals surface area contributed by atoms with Crippen LogP contribution in [-0.2, 0) is 0 Å². The van der Waals surface area contributed by atoms with E-state index in [2.05, 4.69) is 28.7 Å². The Morgan fingerprint density at radius 3 is 2.42 bits per heavy atom. The Bertz CT molecular complexity index is 1310. The summed E-state index contributed by atoms with van der Waals surface area (Å²) in [4.78, 5) is 34.1. The first kappa shape index (κ1) is 20.4. The number of fused-ring (bicyclic) bond motifs is 1. The van der Waals surface area contributed by atoms with Crippen molar-refractivity contribution in [3.8, 4) is 11.6 Å². The molecule has 0 spiro atoms. The highest BCUT2D eigenvalue weighted by Crippen LogP contribution is 2.36. The third kappa shape index (κ3) is 3.59. The van der Waals surface area contributed by atoms with Crippen molar-refractivity contribution in [3.63, 3.8) is 0 Å². The normalized spacial score (nSPS) is 13.9. The summed E-state index contributed by atoms with van der Waals surface area (Å²) < 4.78 is 1.10. The summed E-state index contributed by atoms with van der Waals surface area (Å²) in [7, 11) is 0. The van der Waals surface area contributed by atoms with Gasteiger partial charge >= 0.3 is 5.69 Å². The second kappa shape index (κ2) is 8.10. The van der Waals surface area contributed by atoms with Crippen molar-refractivity contribution in [2.75, 3.05) is 18.0 Å². The van der Waals surface area contributed by atoms with Gasteiger partial charge in [0, 0.05) is 35.6 Å². The molecule has 0 amide bonds. The van der Waals surface area contributed by atoms with Crippen LogP contribution in [0.1, 0.15) is 31.9 Å². The van der Waals surface area contributed by atoms with Crippen LogP contribution in [0.2, 0.25) is 0 Å². The number of aromatic nitrogens is 2. The van der Waals surface area contributed by atoms with Crippen molar-refractivity contribution in [3.05, 3.63) is 80.5 Å². The van der Waals surface area contributed by atoms with Crippen LogP contribution in [0.5, 0.6) is 5.88 Å². The molecule has 2 aromatic carbocycles. The number of aromatic hydroxyl groups is 1. The van der Waals surface area contributed by atoms with Gasteiger partial charge in [-0.2, -0.15) is 0 Å². The molecule has 7 heteroatoms. The molecule has 1 aliphatic rings. The fraction of sp³-hybridized carbons (Fsp3) is 0.208. The Morgan fingerprint density at radius 2 is 1.74 bits per heavy atom. The van der Waals surface area contributed by atoms with E-state index in [9.17, 15) is 14.7 Å². The lowest BCUT2D eigenvalue weighted by molar-refractivity contribution is 0.429. The summed E-state index contributed by atoms with van der Waals surface area (Å²) in [5, 5.41) is 10.9. The minimum absolute atomic E-state index is 0.00803. The van der Waals surface area contributed by atoms with E-state index in [-0.39, 0.29) is 5.56 Å². The number of hydrogen-bond donors (Lipinski definition) is 2. The Hall–Kier alpha value is -3.87. The minimum atomic E-state index is -0.697. The van der Waals surface area contributed by atoms with Crippen LogP contribution in [0.25, 0.3) is 17.3 Å². The number of allylic oxidation sites excluding steroid dienone is 1. The van der Waals surface area contributed by atoms with Gasteiger partial charge in [0.05, 0.1) is 11.4 Å². The van der Waals surface area contributed by atoms with Crippen LogP contribution < -0.4 is 16.1 Å². The van der Waals surface area contributed by atoms with Gasteiger partial charge in [0.25, 0.3) is 5.56 Å². The Labute approximate surface area is 179 Å². The number of nitrogens with one attached hydrogen (secondary N) is 1. The van der Waals surface area contributed by atoms with Crippen LogP contribution in [-0.4, -0.2) is 33.5 Å². The molecule has 4 rings (SSSR count). The van der Waals surface area contributed by atoms with Crippen molar-refractivity contribution in [1.29, 1.82) is 0 Å². The zero-order valence-electron chi connectivity index (χ0n) is 17.7. The molecule has 0 fully saturated rings. The SMILES string of the molecule is CCN(CC)c1ccc(-n2c(O)c(/C=C3\C(C)=Nc4ccccc43)c(=O)[nH]c2=O)cc1. The van der Waals surface area contributed by atoms with Gasteiger partial charge in [-0.05, 0) is 57.2 Å². The molecule has 0 bridgehead atoms. The van der Waals surface area contributed by atoms with Crippen molar-refractivity contribution in [2.45, 2.75) is 20.8 Å². The summed E-state index contributed by atoms with van der Waals surface area (Å²) >= 11 is 0. The number of para-hydroxylation sites is 1. The highest BCUT2D eigenvalue weighted by atomic mass is 16.3. The molecule has 158 valence electrons. The number of aliphatic imine (C=N–C) groups is 1. The third-order valence-electron chi connectivity index (χ3n) is 5.52. The van der Waals surface area contributed by atoms with E-state index in [0.717, 1.165) is 45.9 Å². The van der Waals surface area contributed by atoms with Crippen LogP contribution in [0.3, 0.4) is 0 Å². The van der Waals surface area contributed by atoms with Crippen molar-refractivity contribution < 1.29 is 5.11 Å². The largest absolute Gasteiger partial charge is 0.494 e. The predicted molar refractivity (Wildman–Crippen MR) is 125 cm³/mol. The van der Waals surface area contributed by atoms with Crippen LogP contribution in [0.15, 0.2) is 63.1 Å². The predicted octanol–water partition coefficient (Wildman–Crippen LogP) is 3.72. The summed E-state index contributed by atoms with van der Waals surface area (Å²) in [6, 6.07) is 14.9. The van der Waals surface area contributed by atoms with Gasteiger partial charge in [-0.1, -0.05) is 18.2 Å². The maximum Gasteiger partial charge on any atom is 0.335 e. The molecule has 2 heterocycles. The van der Waals surface area contributed by atoms with Gasteiger partial charge in [-0.15, -0.1) is 0 Å². The number of anilines is 1. The van der Waals surface area contributed by atoms with E-state index < -0.39 is 17.1 Å². The topological polar surface area (TPSA) is 90.7 Å². The molecular weight excluding hydrogens is 392 g/mol. The zero-order valence-corrected chi connectivity index (χ0v) is 17.7. The lowest BCUT2D eigenvalue weighted by Crippen LogP contribution is -2.30. The number of nitrogens with zero attached hydrogens (tertiary/aromatic N) is 3.